The average molecular weight is 415 g/mol. The largest absolute Gasteiger partial charge is 0.508 e. The van der Waals surface area contributed by atoms with Gasteiger partial charge in [-0.25, -0.2) is 4.79 Å². The molecule has 5 nitrogen and oxygen atoms in total. The molecule has 0 heterocycles. The maximum Gasteiger partial charge on any atom is 0.340 e. The molecular formula is C19H27BrO5. The minimum Gasteiger partial charge on any atom is -0.508 e. The Hall–Kier alpha value is -1.53. The van der Waals surface area contributed by atoms with Crippen molar-refractivity contribution in [2.75, 3.05) is 7.11 Å². The number of alkyl halides is 1. The fraction of sp³-hybridized carbons (Fsp3) is 0.526. The predicted molar refractivity (Wildman–Crippen MR) is 103 cm³/mol. The summed E-state index contributed by atoms with van der Waals surface area (Å²) >= 11 is 3.49. The number of aliphatic hydroxyl groups is 1. The molecule has 0 saturated carbocycles. The van der Waals surface area contributed by atoms with E-state index < -0.39 is 5.97 Å². The van der Waals surface area contributed by atoms with Crippen LogP contribution in [-0.2, 0) is 0 Å². The third-order valence-corrected chi connectivity index (χ3v) is 4.35. The van der Waals surface area contributed by atoms with E-state index >= 15 is 0 Å². The van der Waals surface area contributed by atoms with Crippen molar-refractivity contribution < 1.29 is 24.9 Å². The number of aliphatic hydroxyl groups excluding tert-OH is 1. The van der Waals surface area contributed by atoms with Crippen molar-refractivity contribution in [2.24, 2.45) is 0 Å². The van der Waals surface area contributed by atoms with Gasteiger partial charge in [0.05, 0.1) is 13.2 Å². The molecule has 0 aliphatic rings. The highest BCUT2D eigenvalue weighted by Crippen LogP contribution is 2.29. The van der Waals surface area contributed by atoms with Gasteiger partial charge in [-0.05, 0) is 50.2 Å². The summed E-state index contributed by atoms with van der Waals surface area (Å²) in [5, 5.41) is 29.0. The van der Waals surface area contributed by atoms with Crippen LogP contribution in [0.25, 0.3) is 6.08 Å². The molecule has 25 heavy (non-hydrogen) atoms. The van der Waals surface area contributed by atoms with Gasteiger partial charge in [0.15, 0.2) is 0 Å². The second kappa shape index (κ2) is 11.2. The first-order valence-corrected chi connectivity index (χ1v) is 9.39. The van der Waals surface area contributed by atoms with E-state index in [4.69, 9.17) is 4.74 Å². The van der Waals surface area contributed by atoms with Gasteiger partial charge in [0.1, 0.15) is 17.1 Å². The van der Waals surface area contributed by atoms with Crippen LogP contribution in [0, 0.1) is 0 Å². The number of halogens is 1. The summed E-state index contributed by atoms with van der Waals surface area (Å²) in [6, 6.07) is 2.68. The van der Waals surface area contributed by atoms with Gasteiger partial charge >= 0.3 is 5.97 Å². The van der Waals surface area contributed by atoms with E-state index in [1.807, 2.05) is 6.08 Å². The number of carboxylic acid groups (broad SMARTS) is 1. The molecule has 2 atom stereocenters. The molecule has 1 unspecified atom stereocenters. The van der Waals surface area contributed by atoms with Gasteiger partial charge < -0.3 is 20.1 Å². The number of rotatable bonds is 11. The van der Waals surface area contributed by atoms with Gasteiger partial charge in [-0.2, -0.15) is 0 Å². The highest BCUT2D eigenvalue weighted by atomic mass is 79.9. The summed E-state index contributed by atoms with van der Waals surface area (Å²) in [4.78, 5) is 11.9. The van der Waals surface area contributed by atoms with E-state index in [0.717, 1.165) is 38.5 Å². The summed E-state index contributed by atoms with van der Waals surface area (Å²) in [5.41, 5.74) is 0.427. The second-order valence-electron chi connectivity index (χ2n) is 6.12. The van der Waals surface area contributed by atoms with Crippen molar-refractivity contribution in [3.8, 4) is 11.5 Å². The first kappa shape index (κ1) is 21.5. The van der Waals surface area contributed by atoms with Gasteiger partial charge in [0, 0.05) is 10.9 Å². The zero-order valence-electron chi connectivity index (χ0n) is 14.7. The molecule has 0 aliphatic heterocycles. The molecule has 140 valence electrons. The van der Waals surface area contributed by atoms with E-state index in [2.05, 4.69) is 22.9 Å². The monoisotopic (exact) mass is 414 g/mol. The van der Waals surface area contributed by atoms with Crippen molar-refractivity contribution >= 4 is 28.0 Å². The Morgan fingerprint density at radius 2 is 1.96 bits per heavy atom. The number of phenols is 1. The molecule has 0 amide bonds. The van der Waals surface area contributed by atoms with Crippen LogP contribution in [0.5, 0.6) is 11.5 Å². The number of aromatic carboxylic acids is 1. The van der Waals surface area contributed by atoms with Crippen LogP contribution in [0.15, 0.2) is 18.2 Å². The summed E-state index contributed by atoms with van der Waals surface area (Å²) in [7, 11) is 1.37. The number of benzene rings is 1. The number of allylic oxidation sites excluding steroid dienone is 1. The fourth-order valence-corrected chi connectivity index (χ4v) is 2.93. The Balaban J connectivity index is 2.54. The lowest BCUT2D eigenvalue weighted by atomic mass is 10.0. The molecule has 0 bridgehead atoms. The molecule has 0 radical (unpaired) electrons. The number of aromatic hydroxyl groups is 1. The number of ether oxygens (including phenoxy) is 1. The highest BCUT2D eigenvalue weighted by molar-refractivity contribution is 9.09. The van der Waals surface area contributed by atoms with Crippen LogP contribution in [0.1, 0.15) is 61.4 Å². The molecule has 1 rings (SSSR count). The Morgan fingerprint density at radius 3 is 2.56 bits per heavy atom. The summed E-state index contributed by atoms with van der Waals surface area (Å²) in [6.45, 7) is 2.10. The van der Waals surface area contributed by atoms with Crippen LogP contribution in [-0.4, -0.2) is 39.3 Å². The lowest BCUT2D eigenvalue weighted by Crippen LogP contribution is -2.06. The molecular weight excluding hydrogens is 388 g/mol. The molecule has 0 saturated heterocycles. The first-order valence-electron chi connectivity index (χ1n) is 8.48. The Labute approximate surface area is 157 Å². The molecule has 1 aromatic rings. The minimum absolute atomic E-state index is 0.0282. The normalized spacial score (nSPS) is 13.8. The van der Waals surface area contributed by atoms with Gasteiger partial charge in [0.2, 0.25) is 0 Å². The molecule has 1 aromatic carbocycles. The summed E-state index contributed by atoms with van der Waals surface area (Å²) in [6.07, 6.45) is 8.34. The first-order chi connectivity index (χ1) is 11.8. The predicted octanol–water partition coefficient (Wildman–Crippen LogP) is 4.60. The maximum atomic E-state index is 11.4. The third kappa shape index (κ3) is 7.92. The molecule has 6 heteroatoms. The number of carboxylic acids is 1. The molecule has 0 fully saturated rings. The number of carbonyl (C=O) groups is 1. The van der Waals surface area contributed by atoms with Crippen molar-refractivity contribution in [2.45, 2.75) is 56.4 Å². The number of hydrogen-bond donors (Lipinski definition) is 3. The average Bonchev–Trinajstić information content (AvgIpc) is 2.53. The smallest absolute Gasteiger partial charge is 0.340 e. The van der Waals surface area contributed by atoms with E-state index in [1.165, 1.54) is 19.2 Å². The van der Waals surface area contributed by atoms with Gasteiger partial charge in [-0.15, -0.1) is 0 Å². The SMILES string of the molecule is COc1cc(O)cc(/C=C/CCC[C@H](O)CCCC(C)Br)c1C(=O)O. The molecule has 3 N–H and O–H groups in total. The zero-order chi connectivity index (χ0) is 18.8. The third-order valence-electron chi connectivity index (χ3n) is 3.90. The number of hydrogen-bond acceptors (Lipinski definition) is 4. The quantitative estimate of drug-likeness (QED) is 0.363. The Bertz CT molecular complexity index is 583. The standard InChI is InChI=1S/C19H27BrO5/c1-13(20)7-6-10-15(21)9-5-3-4-8-14-11-16(22)12-17(25-2)18(14)19(23)24/h4,8,11-13,15,21-22H,3,5-7,9-10H2,1-2H3,(H,23,24)/b8-4+/t13?,15-/m0/s1. The number of methoxy groups -OCH3 is 1. The zero-order valence-corrected chi connectivity index (χ0v) is 16.3. The molecule has 0 aliphatic carbocycles. The van der Waals surface area contributed by atoms with Crippen molar-refractivity contribution in [1.82, 2.24) is 0 Å². The van der Waals surface area contributed by atoms with E-state index in [9.17, 15) is 20.1 Å². The van der Waals surface area contributed by atoms with Crippen LogP contribution in [0.2, 0.25) is 0 Å². The summed E-state index contributed by atoms with van der Waals surface area (Å²) in [5.74, 6) is -1.02. The lowest BCUT2D eigenvalue weighted by molar-refractivity contribution is 0.0693. The van der Waals surface area contributed by atoms with Crippen molar-refractivity contribution in [3.63, 3.8) is 0 Å². The minimum atomic E-state index is -1.10. The van der Waals surface area contributed by atoms with Crippen LogP contribution >= 0.6 is 15.9 Å². The van der Waals surface area contributed by atoms with Gasteiger partial charge in [0.25, 0.3) is 0 Å². The summed E-state index contributed by atoms with van der Waals surface area (Å²) < 4.78 is 5.03. The maximum absolute atomic E-state index is 11.4. The highest BCUT2D eigenvalue weighted by Gasteiger charge is 2.16. The molecule has 0 spiro atoms. The van der Waals surface area contributed by atoms with E-state index in [0.29, 0.717) is 10.4 Å². The Kier molecular flexibility index (Phi) is 9.60. The van der Waals surface area contributed by atoms with E-state index in [1.54, 1.807) is 6.08 Å². The Morgan fingerprint density at radius 1 is 1.28 bits per heavy atom. The van der Waals surface area contributed by atoms with E-state index in [-0.39, 0.29) is 23.2 Å². The number of unbranched alkanes of at least 4 members (excludes halogenated alkanes) is 1. The van der Waals surface area contributed by atoms with Crippen molar-refractivity contribution in [3.05, 3.63) is 29.3 Å². The molecule has 0 aromatic heterocycles. The topological polar surface area (TPSA) is 87.0 Å². The van der Waals surface area contributed by atoms with Gasteiger partial charge in [-0.1, -0.05) is 35.0 Å². The number of phenolic OH excluding ortho intramolecular Hbond substituents is 1. The second-order valence-corrected chi connectivity index (χ2v) is 7.68. The van der Waals surface area contributed by atoms with Crippen LogP contribution in [0.3, 0.4) is 0 Å². The van der Waals surface area contributed by atoms with Crippen LogP contribution < -0.4 is 4.74 Å². The van der Waals surface area contributed by atoms with Gasteiger partial charge in [-0.3, -0.25) is 0 Å². The fourth-order valence-electron chi connectivity index (χ4n) is 2.60. The lowest BCUT2D eigenvalue weighted by Gasteiger charge is -2.10. The van der Waals surface area contributed by atoms with Crippen molar-refractivity contribution in [1.29, 1.82) is 0 Å². The van der Waals surface area contributed by atoms with Crippen LogP contribution in [0.4, 0.5) is 0 Å².